The number of non-ortho nitro benzene ring substituents is 1. The van der Waals surface area contributed by atoms with Gasteiger partial charge >= 0.3 is 5.97 Å². The third kappa shape index (κ3) is 3.33. The number of benzene rings is 1. The molecule has 1 heterocycles. The number of nitro benzene ring substituents is 1. The number of hydrogen-bond donors (Lipinski definition) is 1. The van der Waals surface area contributed by atoms with Crippen molar-refractivity contribution in [3.8, 4) is 5.75 Å². The lowest BCUT2D eigenvalue weighted by Crippen LogP contribution is -2.46. The second-order valence-electron chi connectivity index (χ2n) is 5.04. The van der Waals surface area contributed by atoms with E-state index in [0.29, 0.717) is 25.1 Å². The van der Waals surface area contributed by atoms with Gasteiger partial charge in [-0.05, 0) is 31.9 Å². The largest absolute Gasteiger partial charge is 0.481 e. The first-order valence-corrected chi connectivity index (χ1v) is 6.84. The minimum absolute atomic E-state index is 0.0724. The standard InChI is InChI=1S/C14H16N2O6/c1-9(13(17)15-8-2-3-12(15)14(18)19)22-11-6-4-10(5-7-11)16(20)21/h4-7,9,12H,2-3,8H2,1H3,(H,18,19). The van der Waals surface area contributed by atoms with Gasteiger partial charge in [-0.2, -0.15) is 0 Å². The first-order chi connectivity index (χ1) is 10.4. The van der Waals surface area contributed by atoms with Gasteiger partial charge in [0, 0.05) is 18.7 Å². The van der Waals surface area contributed by atoms with Crippen molar-refractivity contribution in [3.63, 3.8) is 0 Å². The summed E-state index contributed by atoms with van der Waals surface area (Å²) in [5, 5.41) is 19.7. The first kappa shape index (κ1) is 15.7. The van der Waals surface area contributed by atoms with Crippen molar-refractivity contribution < 1.29 is 24.4 Å². The minimum atomic E-state index is -1.02. The van der Waals surface area contributed by atoms with Gasteiger partial charge in [-0.25, -0.2) is 4.79 Å². The molecular weight excluding hydrogens is 292 g/mol. The van der Waals surface area contributed by atoms with Crippen LogP contribution in [0.3, 0.4) is 0 Å². The summed E-state index contributed by atoms with van der Waals surface area (Å²) in [5.74, 6) is -1.10. The lowest BCUT2D eigenvalue weighted by molar-refractivity contribution is -0.384. The van der Waals surface area contributed by atoms with Crippen LogP contribution in [-0.2, 0) is 9.59 Å². The van der Waals surface area contributed by atoms with Crippen LogP contribution in [0.5, 0.6) is 5.75 Å². The Morgan fingerprint density at radius 3 is 2.59 bits per heavy atom. The topological polar surface area (TPSA) is 110 Å². The second-order valence-corrected chi connectivity index (χ2v) is 5.04. The fourth-order valence-corrected chi connectivity index (χ4v) is 2.42. The van der Waals surface area contributed by atoms with Gasteiger partial charge < -0.3 is 14.7 Å². The predicted molar refractivity (Wildman–Crippen MR) is 75.6 cm³/mol. The number of hydrogen-bond acceptors (Lipinski definition) is 5. The summed E-state index contributed by atoms with van der Waals surface area (Å²) in [5.41, 5.74) is -0.0724. The summed E-state index contributed by atoms with van der Waals surface area (Å²) in [7, 11) is 0. The fraction of sp³-hybridized carbons (Fsp3) is 0.429. The van der Waals surface area contributed by atoms with Crippen LogP contribution in [0.1, 0.15) is 19.8 Å². The van der Waals surface area contributed by atoms with E-state index in [4.69, 9.17) is 9.84 Å². The SMILES string of the molecule is CC(Oc1ccc([N+](=O)[O-])cc1)C(=O)N1CCCC1C(=O)O. The molecule has 1 amide bonds. The Morgan fingerprint density at radius 1 is 1.41 bits per heavy atom. The molecule has 0 radical (unpaired) electrons. The van der Waals surface area contributed by atoms with Gasteiger partial charge in [-0.15, -0.1) is 0 Å². The highest BCUT2D eigenvalue weighted by Gasteiger charge is 2.36. The second kappa shape index (κ2) is 6.42. The number of carboxylic acids is 1. The van der Waals surface area contributed by atoms with Crippen molar-refractivity contribution in [2.45, 2.75) is 31.9 Å². The van der Waals surface area contributed by atoms with E-state index in [1.54, 1.807) is 0 Å². The van der Waals surface area contributed by atoms with Crippen LogP contribution in [0.25, 0.3) is 0 Å². The molecular formula is C14H16N2O6. The van der Waals surface area contributed by atoms with Gasteiger partial charge in [0.2, 0.25) is 0 Å². The Balaban J connectivity index is 2.02. The maximum atomic E-state index is 12.3. The molecule has 1 saturated heterocycles. The molecule has 0 saturated carbocycles. The van der Waals surface area contributed by atoms with E-state index in [0.717, 1.165) is 0 Å². The van der Waals surface area contributed by atoms with Crippen molar-refractivity contribution >= 4 is 17.6 Å². The number of nitrogens with zero attached hydrogens (tertiary/aromatic N) is 2. The molecule has 0 aliphatic carbocycles. The molecule has 1 aliphatic rings. The van der Waals surface area contributed by atoms with Crippen LogP contribution < -0.4 is 4.74 Å². The summed E-state index contributed by atoms with van der Waals surface area (Å²) in [4.78, 5) is 34.7. The quantitative estimate of drug-likeness (QED) is 0.651. The van der Waals surface area contributed by atoms with Gasteiger partial charge in [0.1, 0.15) is 11.8 Å². The monoisotopic (exact) mass is 308 g/mol. The number of likely N-dealkylation sites (tertiary alicyclic amines) is 1. The van der Waals surface area contributed by atoms with Crippen molar-refractivity contribution in [2.24, 2.45) is 0 Å². The van der Waals surface area contributed by atoms with Gasteiger partial charge in [0.15, 0.2) is 6.10 Å². The van der Waals surface area contributed by atoms with E-state index >= 15 is 0 Å². The minimum Gasteiger partial charge on any atom is -0.481 e. The highest BCUT2D eigenvalue weighted by molar-refractivity contribution is 5.87. The Bertz CT molecular complexity index is 586. The molecule has 2 atom stereocenters. The first-order valence-electron chi connectivity index (χ1n) is 6.84. The fourth-order valence-electron chi connectivity index (χ4n) is 2.42. The number of aliphatic carboxylic acids is 1. The van der Waals surface area contributed by atoms with Gasteiger partial charge in [-0.1, -0.05) is 0 Å². The molecule has 1 aromatic rings. The Labute approximate surface area is 126 Å². The van der Waals surface area contributed by atoms with Crippen LogP contribution in [0.2, 0.25) is 0 Å². The van der Waals surface area contributed by atoms with Gasteiger partial charge in [-0.3, -0.25) is 14.9 Å². The van der Waals surface area contributed by atoms with Gasteiger partial charge in [0.05, 0.1) is 4.92 Å². The highest BCUT2D eigenvalue weighted by Crippen LogP contribution is 2.22. The summed E-state index contributed by atoms with van der Waals surface area (Å²) >= 11 is 0. The zero-order valence-corrected chi connectivity index (χ0v) is 12.0. The molecule has 8 nitrogen and oxygen atoms in total. The summed E-state index contributed by atoms with van der Waals surface area (Å²) in [6.07, 6.45) is 0.222. The van der Waals surface area contributed by atoms with Crippen molar-refractivity contribution in [1.29, 1.82) is 0 Å². The van der Waals surface area contributed by atoms with E-state index in [-0.39, 0.29) is 5.69 Å². The normalized spacial score (nSPS) is 18.8. The lowest BCUT2D eigenvalue weighted by Gasteiger charge is -2.25. The van der Waals surface area contributed by atoms with Crippen LogP contribution in [0.15, 0.2) is 24.3 Å². The highest BCUT2D eigenvalue weighted by atomic mass is 16.6. The lowest BCUT2D eigenvalue weighted by atomic mass is 10.2. The third-order valence-electron chi connectivity index (χ3n) is 3.53. The smallest absolute Gasteiger partial charge is 0.326 e. The van der Waals surface area contributed by atoms with Crippen molar-refractivity contribution in [1.82, 2.24) is 4.90 Å². The molecule has 8 heteroatoms. The van der Waals surface area contributed by atoms with E-state index in [9.17, 15) is 19.7 Å². The summed E-state index contributed by atoms with van der Waals surface area (Å²) in [6.45, 7) is 1.92. The molecule has 118 valence electrons. The molecule has 0 spiro atoms. The number of rotatable bonds is 5. The van der Waals surface area contributed by atoms with Crippen LogP contribution >= 0.6 is 0 Å². The zero-order valence-electron chi connectivity index (χ0n) is 12.0. The van der Waals surface area contributed by atoms with Crippen LogP contribution in [0.4, 0.5) is 5.69 Å². The maximum absolute atomic E-state index is 12.3. The van der Waals surface area contributed by atoms with E-state index < -0.39 is 28.9 Å². The van der Waals surface area contributed by atoms with Crippen molar-refractivity contribution in [3.05, 3.63) is 34.4 Å². The zero-order chi connectivity index (χ0) is 16.3. The molecule has 2 unspecified atom stereocenters. The predicted octanol–water partition coefficient (Wildman–Crippen LogP) is 1.44. The average molecular weight is 308 g/mol. The number of carboxylic acid groups (broad SMARTS) is 1. The van der Waals surface area contributed by atoms with Crippen LogP contribution in [-0.4, -0.2) is 45.5 Å². The molecule has 2 rings (SSSR count). The molecule has 1 aliphatic heterocycles. The number of carbonyl (C=O) groups is 2. The van der Waals surface area contributed by atoms with E-state index in [1.807, 2.05) is 0 Å². The Morgan fingerprint density at radius 2 is 2.05 bits per heavy atom. The summed E-state index contributed by atoms with van der Waals surface area (Å²) < 4.78 is 5.44. The maximum Gasteiger partial charge on any atom is 0.326 e. The number of nitro groups is 1. The average Bonchev–Trinajstić information content (AvgIpc) is 2.96. The molecule has 22 heavy (non-hydrogen) atoms. The molecule has 1 aromatic carbocycles. The third-order valence-corrected chi connectivity index (χ3v) is 3.53. The number of carbonyl (C=O) groups excluding carboxylic acids is 1. The summed E-state index contributed by atoms with van der Waals surface area (Å²) in [6, 6.07) is 4.56. The Kier molecular flexibility index (Phi) is 4.59. The van der Waals surface area contributed by atoms with Crippen molar-refractivity contribution in [2.75, 3.05) is 6.54 Å². The Hall–Kier alpha value is -2.64. The van der Waals surface area contributed by atoms with Crippen LogP contribution in [0, 0.1) is 10.1 Å². The molecule has 1 N–H and O–H groups in total. The van der Waals surface area contributed by atoms with E-state index in [1.165, 1.54) is 36.1 Å². The number of amides is 1. The van der Waals surface area contributed by atoms with Gasteiger partial charge in [0.25, 0.3) is 11.6 Å². The van der Waals surface area contributed by atoms with E-state index in [2.05, 4.69) is 0 Å². The molecule has 1 fully saturated rings. The number of ether oxygens (including phenoxy) is 1. The molecule has 0 bridgehead atoms. The molecule has 0 aromatic heterocycles.